The van der Waals surface area contributed by atoms with Gasteiger partial charge in [-0.25, -0.2) is 4.79 Å². The highest BCUT2D eigenvalue weighted by atomic mass is 16.5. The zero-order chi connectivity index (χ0) is 24.5. The average molecular weight is 463 g/mol. The van der Waals surface area contributed by atoms with Crippen LogP contribution in [0, 0.1) is 5.92 Å². The van der Waals surface area contributed by atoms with Gasteiger partial charge in [0.1, 0.15) is 12.4 Å². The molecule has 33 heavy (non-hydrogen) atoms. The van der Waals surface area contributed by atoms with Gasteiger partial charge in [-0.05, 0) is 31.5 Å². The number of rotatable bonds is 5. The summed E-state index contributed by atoms with van der Waals surface area (Å²) in [5, 5.41) is 5.51. The van der Waals surface area contributed by atoms with E-state index in [1.807, 2.05) is 32.6 Å². The van der Waals surface area contributed by atoms with Crippen molar-refractivity contribution < 1.29 is 23.9 Å². The van der Waals surface area contributed by atoms with Crippen LogP contribution in [0.15, 0.2) is 18.2 Å². The van der Waals surface area contributed by atoms with Crippen LogP contribution in [0.1, 0.15) is 50.9 Å². The van der Waals surface area contributed by atoms with E-state index >= 15 is 0 Å². The molecule has 9 heteroatoms. The molecule has 1 aliphatic rings. The minimum absolute atomic E-state index is 0.0114. The lowest BCUT2D eigenvalue weighted by molar-refractivity contribution is -0.135. The molecular formula is C24H38N4O5. The number of methoxy groups -OCH3 is 1. The number of hydrogen-bond donors (Lipinski definition) is 2. The molecule has 0 saturated carbocycles. The molecule has 0 bridgehead atoms. The molecule has 1 aromatic carbocycles. The SMILES string of the molecule is CCCNC(=O)Nc1ccc2c(c1)C(=O)N(C)C[C@H](OC)[C@H](C)CN(C(=O)CC)[C@H](C)CO2. The van der Waals surface area contributed by atoms with Crippen molar-refractivity contribution in [1.29, 1.82) is 0 Å². The first-order chi connectivity index (χ1) is 15.7. The summed E-state index contributed by atoms with van der Waals surface area (Å²) in [7, 11) is 3.33. The van der Waals surface area contributed by atoms with Gasteiger partial charge in [0, 0.05) is 51.8 Å². The summed E-state index contributed by atoms with van der Waals surface area (Å²) in [6.07, 6.45) is 0.978. The van der Waals surface area contributed by atoms with Gasteiger partial charge >= 0.3 is 6.03 Å². The largest absolute Gasteiger partial charge is 0.491 e. The van der Waals surface area contributed by atoms with E-state index < -0.39 is 0 Å². The first-order valence-electron chi connectivity index (χ1n) is 11.6. The molecule has 0 saturated heterocycles. The maximum Gasteiger partial charge on any atom is 0.319 e. The molecule has 2 N–H and O–H groups in total. The Kier molecular flexibility index (Phi) is 9.96. The van der Waals surface area contributed by atoms with E-state index in [-0.39, 0.29) is 42.5 Å². The van der Waals surface area contributed by atoms with Gasteiger partial charge in [0.15, 0.2) is 0 Å². The van der Waals surface area contributed by atoms with Crippen molar-refractivity contribution in [2.75, 3.05) is 45.7 Å². The summed E-state index contributed by atoms with van der Waals surface area (Å²) in [6.45, 7) is 9.44. The number of anilines is 1. The Balaban J connectivity index is 2.39. The van der Waals surface area contributed by atoms with E-state index in [0.717, 1.165) is 6.42 Å². The molecule has 1 aliphatic heterocycles. The molecule has 3 atom stereocenters. The van der Waals surface area contributed by atoms with Crippen molar-refractivity contribution >= 4 is 23.5 Å². The molecule has 0 unspecified atom stereocenters. The summed E-state index contributed by atoms with van der Waals surface area (Å²) in [4.78, 5) is 41.5. The predicted octanol–water partition coefficient (Wildman–Crippen LogP) is 2.96. The van der Waals surface area contributed by atoms with Gasteiger partial charge in [-0.2, -0.15) is 0 Å². The minimum Gasteiger partial charge on any atom is -0.491 e. The molecule has 0 fully saturated rings. The zero-order valence-corrected chi connectivity index (χ0v) is 20.6. The lowest BCUT2D eigenvalue weighted by Crippen LogP contribution is -2.48. The van der Waals surface area contributed by atoms with E-state index in [1.54, 1.807) is 37.3 Å². The van der Waals surface area contributed by atoms with Crippen LogP contribution in [0.25, 0.3) is 0 Å². The van der Waals surface area contributed by atoms with Crippen LogP contribution in [0.5, 0.6) is 5.75 Å². The summed E-state index contributed by atoms with van der Waals surface area (Å²) >= 11 is 0. The third kappa shape index (κ3) is 7.08. The van der Waals surface area contributed by atoms with Crippen molar-refractivity contribution in [2.45, 2.75) is 52.7 Å². The quantitative estimate of drug-likeness (QED) is 0.701. The smallest absolute Gasteiger partial charge is 0.319 e. The van der Waals surface area contributed by atoms with E-state index in [2.05, 4.69) is 10.6 Å². The molecule has 0 spiro atoms. The Bertz CT molecular complexity index is 831. The number of fused-ring (bicyclic) bond motifs is 1. The molecule has 1 aromatic rings. The molecular weight excluding hydrogens is 424 g/mol. The lowest BCUT2D eigenvalue weighted by Gasteiger charge is -2.36. The summed E-state index contributed by atoms with van der Waals surface area (Å²) in [5.41, 5.74) is 0.835. The first-order valence-corrected chi connectivity index (χ1v) is 11.6. The summed E-state index contributed by atoms with van der Waals surface area (Å²) in [6, 6.07) is 4.48. The van der Waals surface area contributed by atoms with E-state index in [9.17, 15) is 14.4 Å². The summed E-state index contributed by atoms with van der Waals surface area (Å²) < 4.78 is 11.7. The van der Waals surface area contributed by atoms with Gasteiger partial charge in [-0.15, -0.1) is 0 Å². The van der Waals surface area contributed by atoms with Crippen LogP contribution in [-0.2, 0) is 9.53 Å². The standard InChI is InChI=1S/C24H38N4O5/c1-7-11-25-24(31)26-18-9-10-20-19(12-18)23(30)27(5)14-21(32-6)16(3)13-28(22(29)8-2)17(4)15-33-20/h9-10,12,16-17,21H,7-8,11,13-15H2,1-6H3,(H2,25,26,31)/t16-,17-,21+/m1/s1. The van der Waals surface area contributed by atoms with Crippen LogP contribution in [0.3, 0.4) is 0 Å². The van der Waals surface area contributed by atoms with Crippen LogP contribution in [0.2, 0.25) is 0 Å². The average Bonchev–Trinajstić information content (AvgIpc) is 2.81. The topological polar surface area (TPSA) is 100 Å². The van der Waals surface area contributed by atoms with Crippen LogP contribution < -0.4 is 15.4 Å². The zero-order valence-electron chi connectivity index (χ0n) is 20.6. The highest BCUT2D eigenvalue weighted by Gasteiger charge is 2.30. The lowest BCUT2D eigenvalue weighted by atomic mass is 10.0. The number of likely N-dealkylation sites (N-methyl/N-ethyl adjacent to an activating group) is 1. The molecule has 184 valence electrons. The van der Waals surface area contributed by atoms with Gasteiger partial charge in [0.05, 0.1) is 17.7 Å². The second-order valence-corrected chi connectivity index (χ2v) is 8.59. The number of urea groups is 1. The van der Waals surface area contributed by atoms with Crippen molar-refractivity contribution in [3.8, 4) is 5.75 Å². The van der Waals surface area contributed by atoms with Gasteiger partial charge < -0.3 is 29.9 Å². The number of nitrogens with one attached hydrogen (secondary N) is 2. The number of benzene rings is 1. The second-order valence-electron chi connectivity index (χ2n) is 8.59. The van der Waals surface area contributed by atoms with E-state index in [4.69, 9.17) is 9.47 Å². The van der Waals surface area contributed by atoms with Crippen molar-refractivity contribution in [2.24, 2.45) is 5.92 Å². The third-order valence-electron chi connectivity index (χ3n) is 5.86. The highest BCUT2D eigenvalue weighted by molar-refractivity contribution is 5.99. The second kappa shape index (κ2) is 12.4. The van der Waals surface area contributed by atoms with Gasteiger partial charge in [-0.1, -0.05) is 20.8 Å². The monoisotopic (exact) mass is 462 g/mol. The van der Waals surface area contributed by atoms with Crippen molar-refractivity contribution in [1.82, 2.24) is 15.1 Å². The number of carbonyl (C=O) groups is 3. The highest BCUT2D eigenvalue weighted by Crippen LogP contribution is 2.26. The predicted molar refractivity (Wildman–Crippen MR) is 128 cm³/mol. The number of nitrogens with zero attached hydrogens (tertiary/aromatic N) is 2. The molecule has 2 rings (SSSR count). The summed E-state index contributed by atoms with van der Waals surface area (Å²) in [5.74, 6) is 0.237. The fourth-order valence-corrected chi connectivity index (χ4v) is 3.82. The molecule has 0 aliphatic carbocycles. The van der Waals surface area contributed by atoms with Gasteiger partial charge in [0.25, 0.3) is 5.91 Å². The molecule has 9 nitrogen and oxygen atoms in total. The Morgan fingerprint density at radius 2 is 1.94 bits per heavy atom. The van der Waals surface area contributed by atoms with Crippen LogP contribution in [0.4, 0.5) is 10.5 Å². The van der Waals surface area contributed by atoms with Crippen LogP contribution in [-0.4, -0.2) is 80.2 Å². The van der Waals surface area contributed by atoms with Crippen molar-refractivity contribution in [3.63, 3.8) is 0 Å². The fraction of sp³-hybridized carbons (Fsp3) is 0.625. The fourth-order valence-electron chi connectivity index (χ4n) is 3.82. The number of carbonyl (C=O) groups excluding carboxylic acids is 3. The molecule has 0 aromatic heterocycles. The Morgan fingerprint density at radius 1 is 1.21 bits per heavy atom. The van der Waals surface area contributed by atoms with E-state index in [0.29, 0.717) is 43.1 Å². The Morgan fingerprint density at radius 3 is 2.58 bits per heavy atom. The Hall–Kier alpha value is -2.81. The van der Waals surface area contributed by atoms with Crippen molar-refractivity contribution in [3.05, 3.63) is 23.8 Å². The van der Waals surface area contributed by atoms with E-state index in [1.165, 1.54) is 0 Å². The maximum absolute atomic E-state index is 13.3. The normalized spacial score (nSPS) is 21.9. The van der Waals surface area contributed by atoms with Gasteiger partial charge in [-0.3, -0.25) is 9.59 Å². The Labute approximate surface area is 196 Å². The number of ether oxygens (including phenoxy) is 2. The number of amides is 4. The molecule has 0 radical (unpaired) electrons. The molecule has 4 amide bonds. The van der Waals surface area contributed by atoms with Crippen LogP contribution >= 0.6 is 0 Å². The number of hydrogen-bond acceptors (Lipinski definition) is 5. The maximum atomic E-state index is 13.3. The third-order valence-corrected chi connectivity index (χ3v) is 5.86. The molecule has 1 heterocycles. The van der Waals surface area contributed by atoms with Gasteiger partial charge in [0.2, 0.25) is 5.91 Å². The minimum atomic E-state index is -0.331. The first kappa shape index (κ1) is 26.4.